The van der Waals surface area contributed by atoms with Crippen LogP contribution in [0.15, 0.2) is 54.7 Å². The highest BCUT2D eigenvalue weighted by Gasteiger charge is 2.44. The van der Waals surface area contributed by atoms with Crippen LogP contribution < -0.4 is 23.8 Å². The Balaban J connectivity index is 1.26. The van der Waals surface area contributed by atoms with Gasteiger partial charge in [-0.1, -0.05) is 36.7 Å². The van der Waals surface area contributed by atoms with Crippen molar-refractivity contribution in [3.63, 3.8) is 0 Å². The van der Waals surface area contributed by atoms with Gasteiger partial charge >= 0.3 is 0 Å². The first-order chi connectivity index (χ1) is 24.0. The van der Waals surface area contributed by atoms with Crippen LogP contribution in [0.3, 0.4) is 0 Å². The number of amides is 2. The molecule has 3 aromatic rings. The van der Waals surface area contributed by atoms with Gasteiger partial charge in [0.15, 0.2) is 0 Å². The molecule has 1 saturated carbocycles. The molecule has 0 radical (unpaired) electrons. The number of hydrogen-bond donors (Lipinski definition) is 4. The van der Waals surface area contributed by atoms with Gasteiger partial charge in [-0.25, -0.2) is 4.21 Å². The molecule has 11 nitrogen and oxygen atoms in total. The summed E-state index contributed by atoms with van der Waals surface area (Å²) in [6, 6.07) is 11.5. The van der Waals surface area contributed by atoms with E-state index in [0.29, 0.717) is 37.4 Å². The molecular weight excluding hydrogens is 678 g/mol. The Morgan fingerprint density at radius 2 is 2.08 bits per heavy atom. The maximum Gasteiger partial charge on any atom is 0.269 e. The molecule has 7 rings (SSSR count). The van der Waals surface area contributed by atoms with E-state index in [2.05, 4.69) is 31.6 Å². The van der Waals surface area contributed by atoms with E-state index < -0.39 is 28.2 Å². The lowest BCUT2D eigenvalue weighted by Crippen LogP contribution is -2.52. The Labute approximate surface area is 299 Å². The number of aromatic nitrogens is 2. The van der Waals surface area contributed by atoms with Crippen LogP contribution >= 0.6 is 11.6 Å². The lowest BCUT2D eigenvalue weighted by atomic mass is 9.68. The molecule has 268 valence electrons. The standard InChI is InChI=1S/C37H46ClN5O6S/c1-23-6-4-8-32(44)28-12-9-26(28)18-43-21-37(15-5-7-24-16-27(38)11-13-30(24)37)22-49-33-14-10-25(17-31(33)43)34(45)40-50(47,20-23)41-35(46)29-19-42(2)39-36(29)48-3/h4,8,10-11,13-14,16-17,19,23,26,28,32,44,50H,5-7,9,12,15,18,20-22H2,1-3H3,(H2,40,41,45,46,47)/b8-4+/t23-,26-,28+,32-,37-/m0/s1. The molecule has 1 fully saturated rings. The number of carbonyl (C=O) groups excluding carboxylic acids is 2. The number of ether oxygens (including phenoxy) is 2. The average Bonchev–Trinajstić information content (AvgIpc) is 3.37. The third-order valence-electron chi connectivity index (χ3n) is 10.9. The van der Waals surface area contributed by atoms with Crippen LogP contribution in [0.1, 0.15) is 70.9 Å². The van der Waals surface area contributed by atoms with Gasteiger partial charge in [0, 0.05) is 58.4 Å². The Morgan fingerprint density at radius 3 is 2.86 bits per heavy atom. The molecule has 50 heavy (non-hydrogen) atoms. The molecule has 2 aromatic carbocycles. The second-order valence-electron chi connectivity index (χ2n) is 14.6. The van der Waals surface area contributed by atoms with Gasteiger partial charge in [-0.15, -0.1) is 5.10 Å². The number of carbonyl (C=O) groups is 2. The monoisotopic (exact) mass is 723 g/mol. The largest absolute Gasteiger partial charge is 0.490 e. The molecule has 2 aliphatic heterocycles. The number of thiol groups is 1. The van der Waals surface area contributed by atoms with Crippen LogP contribution in [0.5, 0.6) is 11.6 Å². The van der Waals surface area contributed by atoms with Gasteiger partial charge in [-0.05, 0) is 97.7 Å². The molecule has 2 amide bonds. The number of anilines is 1. The summed E-state index contributed by atoms with van der Waals surface area (Å²) in [7, 11) is -0.816. The summed E-state index contributed by atoms with van der Waals surface area (Å²) >= 11 is 6.43. The van der Waals surface area contributed by atoms with E-state index in [-0.39, 0.29) is 40.4 Å². The van der Waals surface area contributed by atoms with E-state index in [4.69, 9.17) is 21.1 Å². The zero-order valence-electron chi connectivity index (χ0n) is 28.7. The molecule has 3 heterocycles. The molecular formula is C37H46ClN5O6S. The number of aliphatic hydroxyl groups excluding tert-OH is 1. The Bertz CT molecular complexity index is 1880. The second kappa shape index (κ2) is 13.7. The van der Waals surface area contributed by atoms with E-state index in [0.717, 1.165) is 42.8 Å². The predicted octanol–water partition coefficient (Wildman–Crippen LogP) is 4.54. The fraction of sp³-hybridized carbons (Fsp3) is 0.486. The van der Waals surface area contributed by atoms with Crippen molar-refractivity contribution in [3.05, 3.63) is 82.0 Å². The second-order valence-corrected chi connectivity index (χ2v) is 17.3. The number of halogens is 1. The molecule has 4 aliphatic rings. The van der Waals surface area contributed by atoms with Gasteiger partial charge in [-0.3, -0.25) is 23.7 Å². The summed E-state index contributed by atoms with van der Waals surface area (Å²) in [6.07, 6.45) is 9.99. The molecule has 3 N–H and O–H groups in total. The minimum Gasteiger partial charge on any atom is -0.490 e. The molecule has 0 unspecified atom stereocenters. The molecule has 2 bridgehead atoms. The lowest BCUT2D eigenvalue weighted by molar-refractivity contribution is 0.0456. The van der Waals surface area contributed by atoms with Crippen molar-refractivity contribution in [2.75, 3.05) is 37.5 Å². The van der Waals surface area contributed by atoms with E-state index in [1.165, 1.54) is 29.1 Å². The van der Waals surface area contributed by atoms with Crippen molar-refractivity contribution < 1.29 is 28.4 Å². The molecule has 13 heteroatoms. The Hall–Kier alpha value is -3.87. The van der Waals surface area contributed by atoms with Gasteiger partial charge in [0.25, 0.3) is 11.8 Å². The quantitative estimate of drug-likeness (QED) is 0.229. The number of aryl methyl sites for hydroxylation is 2. The van der Waals surface area contributed by atoms with Crippen molar-refractivity contribution >= 4 is 39.4 Å². The van der Waals surface area contributed by atoms with Gasteiger partial charge in [0.1, 0.15) is 11.3 Å². The van der Waals surface area contributed by atoms with Crippen LogP contribution in [-0.4, -0.2) is 69.6 Å². The average molecular weight is 724 g/mol. The maximum atomic E-state index is 14.6. The van der Waals surface area contributed by atoms with Crippen molar-refractivity contribution in [2.24, 2.45) is 24.8 Å². The number of allylic oxidation sites excluding steroid dienone is 1. The van der Waals surface area contributed by atoms with Crippen LogP contribution in [0.25, 0.3) is 0 Å². The van der Waals surface area contributed by atoms with Crippen molar-refractivity contribution in [3.8, 4) is 11.6 Å². The van der Waals surface area contributed by atoms with Crippen LogP contribution in [0.4, 0.5) is 5.69 Å². The third-order valence-corrected chi connectivity index (χ3v) is 13.4. The Morgan fingerprint density at radius 1 is 1.24 bits per heavy atom. The first kappa shape index (κ1) is 34.6. The number of benzene rings is 2. The first-order valence-corrected chi connectivity index (χ1v) is 19.7. The summed E-state index contributed by atoms with van der Waals surface area (Å²) < 4.78 is 33.2. The van der Waals surface area contributed by atoms with E-state index in [9.17, 15) is 18.9 Å². The topological polar surface area (TPSA) is 135 Å². The van der Waals surface area contributed by atoms with Crippen LogP contribution in [0, 0.1) is 17.8 Å². The van der Waals surface area contributed by atoms with E-state index in [1.807, 2.05) is 37.3 Å². The smallest absolute Gasteiger partial charge is 0.269 e. The number of nitrogens with one attached hydrogen (secondary N) is 2. The fourth-order valence-corrected chi connectivity index (χ4v) is 10.6. The number of aliphatic hydroxyl groups is 1. The molecule has 1 spiro atoms. The van der Waals surface area contributed by atoms with Crippen LogP contribution in [-0.2, 0) is 29.2 Å². The predicted molar refractivity (Wildman–Crippen MR) is 194 cm³/mol. The normalized spacial score (nSPS) is 28.8. The fourth-order valence-electron chi connectivity index (χ4n) is 8.26. The van der Waals surface area contributed by atoms with Crippen molar-refractivity contribution in [1.82, 2.24) is 19.2 Å². The molecule has 1 aromatic heterocycles. The summed E-state index contributed by atoms with van der Waals surface area (Å²) in [4.78, 5) is 29.8. The Kier molecular flexibility index (Phi) is 9.46. The summed E-state index contributed by atoms with van der Waals surface area (Å²) in [5.41, 5.74) is 3.40. The lowest BCUT2D eigenvalue weighted by Gasteiger charge is -2.45. The summed E-state index contributed by atoms with van der Waals surface area (Å²) in [6.45, 7) is 3.76. The zero-order valence-corrected chi connectivity index (χ0v) is 30.4. The van der Waals surface area contributed by atoms with Crippen molar-refractivity contribution in [2.45, 2.75) is 57.0 Å². The number of nitrogens with zero attached hydrogens (tertiary/aromatic N) is 3. The first-order valence-electron chi connectivity index (χ1n) is 17.4. The molecule has 2 aliphatic carbocycles. The van der Waals surface area contributed by atoms with Gasteiger partial charge in [0.2, 0.25) is 5.88 Å². The van der Waals surface area contributed by atoms with E-state index >= 15 is 0 Å². The van der Waals surface area contributed by atoms with Gasteiger partial charge < -0.3 is 19.5 Å². The highest BCUT2D eigenvalue weighted by molar-refractivity contribution is 8.00. The number of methoxy groups -OCH3 is 1. The molecule has 5 atom stereocenters. The van der Waals surface area contributed by atoms with Crippen LogP contribution in [0.2, 0.25) is 5.02 Å². The zero-order chi connectivity index (χ0) is 35.2. The van der Waals surface area contributed by atoms with Gasteiger partial charge in [0.05, 0.1) is 25.5 Å². The molecule has 0 saturated heterocycles. The highest BCUT2D eigenvalue weighted by atomic mass is 35.5. The van der Waals surface area contributed by atoms with Crippen molar-refractivity contribution in [1.29, 1.82) is 0 Å². The van der Waals surface area contributed by atoms with Gasteiger partial charge in [-0.2, -0.15) is 0 Å². The third kappa shape index (κ3) is 6.77. The summed E-state index contributed by atoms with van der Waals surface area (Å²) in [5.74, 6) is -0.289. The minimum absolute atomic E-state index is 0.00562. The highest BCUT2D eigenvalue weighted by Crippen LogP contribution is 2.46. The number of hydrogen-bond acceptors (Lipinski definition) is 8. The number of rotatable bonds is 3. The minimum atomic E-state index is -3.87. The number of fused-ring (bicyclic) bond motifs is 4. The summed E-state index contributed by atoms with van der Waals surface area (Å²) in [5, 5.41) is 16.2. The SMILES string of the molecule is COc1nn(C)cc1C(=O)N[SH]1(=O)C[C@@H](C)C/C=C/[C@H](O)[C@@H]2CC[C@H]2CN2C[C@@]3(CCCc4cc(Cl)ccc43)COc3ccc(cc32)C(=O)N1. The van der Waals surface area contributed by atoms with E-state index in [1.54, 1.807) is 13.1 Å². The maximum absolute atomic E-state index is 14.6.